The van der Waals surface area contributed by atoms with Crippen LogP contribution in [0, 0.1) is 5.92 Å². The van der Waals surface area contributed by atoms with Gasteiger partial charge in [0.05, 0.1) is 0 Å². The quantitative estimate of drug-likeness (QED) is 0.827. The number of rotatable bonds is 2. The summed E-state index contributed by atoms with van der Waals surface area (Å²) in [5, 5.41) is 0. The van der Waals surface area contributed by atoms with Gasteiger partial charge in [-0.3, -0.25) is 0 Å². The lowest BCUT2D eigenvalue weighted by Crippen LogP contribution is -2.45. The fourth-order valence-corrected chi connectivity index (χ4v) is 4.24. The van der Waals surface area contributed by atoms with Gasteiger partial charge in [-0.2, -0.15) is 0 Å². The zero-order chi connectivity index (χ0) is 14.2. The number of nitrogens with two attached hydrogens (primary N) is 1. The summed E-state index contributed by atoms with van der Waals surface area (Å²) in [5.41, 5.74) is 7.56. The van der Waals surface area contributed by atoms with Gasteiger partial charge in [0.25, 0.3) is 0 Å². The molecule has 1 spiro atoms. The molecule has 1 atom stereocenters. The van der Waals surface area contributed by atoms with E-state index >= 15 is 0 Å². The molecular formula is C17H24BrNO. The van der Waals surface area contributed by atoms with E-state index in [0.29, 0.717) is 0 Å². The van der Waals surface area contributed by atoms with Crippen molar-refractivity contribution in [2.75, 3.05) is 0 Å². The van der Waals surface area contributed by atoms with Gasteiger partial charge in [0.1, 0.15) is 11.4 Å². The van der Waals surface area contributed by atoms with Gasteiger partial charge in [0.15, 0.2) is 0 Å². The maximum Gasteiger partial charge on any atom is 0.126 e. The largest absolute Gasteiger partial charge is 0.487 e. The van der Waals surface area contributed by atoms with Gasteiger partial charge in [-0.25, -0.2) is 0 Å². The second-order valence-electron chi connectivity index (χ2n) is 6.51. The molecule has 1 saturated carbocycles. The molecule has 1 fully saturated rings. The van der Waals surface area contributed by atoms with Crippen LogP contribution in [0.15, 0.2) is 22.7 Å². The molecule has 1 aliphatic carbocycles. The summed E-state index contributed by atoms with van der Waals surface area (Å²) >= 11 is 3.53. The highest BCUT2D eigenvalue weighted by Gasteiger charge is 2.42. The fraction of sp³-hybridized carbons (Fsp3) is 0.647. The second kappa shape index (κ2) is 5.69. The summed E-state index contributed by atoms with van der Waals surface area (Å²) < 4.78 is 7.50. The van der Waals surface area contributed by atoms with Crippen molar-refractivity contribution in [1.82, 2.24) is 0 Å². The van der Waals surface area contributed by atoms with Crippen LogP contribution in [0.4, 0.5) is 0 Å². The Bertz CT molecular complexity index is 480. The molecule has 2 nitrogen and oxygen atoms in total. The molecule has 1 heterocycles. The van der Waals surface area contributed by atoms with Crippen molar-refractivity contribution in [2.45, 2.75) is 63.5 Å². The monoisotopic (exact) mass is 337 g/mol. The topological polar surface area (TPSA) is 35.2 Å². The average Bonchev–Trinajstić information content (AvgIpc) is 2.41. The smallest absolute Gasteiger partial charge is 0.126 e. The lowest BCUT2D eigenvalue weighted by Gasteiger charge is -2.45. The highest BCUT2D eigenvalue weighted by atomic mass is 79.9. The molecule has 0 bridgehead atoms. The lowest BCUT2D eigenvalue weighted by molar-refractivity contribution is -0.0116. The van der Waals surface area contributed by atoms with Crippen LogP contribution < -0.4 is 10.5 Å². The molecule has 1 aliphatic heterocycles. The van der Waals surface area contributed by atoms with Gasteiger partial charge in [0.2, 0.25) is 0 Å². The predicted molar refractivity (Wildman–Crippen MR) is 85.9 cm³/mol. The van der Waals surface area contributed by atoms with Crippen LogP contribution in [0.5, 0.6) is 5.75 Å². The summed E-state index contributed by atoms with van der Waals surface area (Å²) in [7, 11) is 0. The normalized spacial score (nSPS) is 32.8. The fourth-order valence-electron chi connectivity index (χ4n) is 3.90. The molecule has 0 aromatic heterocycles. The molecule has 1 aromatic carbocycles. The first-order chi connectivity index (χ1) is 9.62. The molecule has 2 N–H and O–H groups in total. The summed E-state index contributed by atoms with van der Waals surface area (Å²) in [4.78, 5) is 0. The van der Waals surface area contributed by atoms with E-state index in [1.807, 2.05) is 0 Å². The Morgan fingerprint density at radius 3 is 2.80 bits per heavy atom. The molecule has 3 heteroatoms. The molecule has 0 radical (unpaired) electrons. The van der Waals surface area contributed by atoms with Crippen LogP contribution in [0.3, 0.4) is 0 Å². The van der Waals surface area contributed by atoms with E-state index in [2.05, 4.69) is 41.1 Å². The van der Waals surface area contributed by atoms with Gasteiger partial charge in [-0.1, -0.05) is 41.8 Å². The highest BCUT2D eigenvalue weighted by molar-refractivity contribution is 9.10. The Balaban J connectivity index is 1.77. The highest BCUT2D eigenvalue weighted by Crippen LogP contribution is 2.47. The average molecular weight is 338 g/mol. The molecule has 0 amide bonds. The van der Waals surface area contributed by atoms with Gasteiger partial charge >= 0.3 is 0 Å². The van der Waals surface area contributed by atoms with Crippen LogP contribution in [-0.4, -0.2) is 5.60 Å². The summed E-state index contributed by atoms with van der Waals surface area (Å²) in [6.45, 7) is 2.28. The molecule has 20 heavy (non-hydrogen) atoms. The van der Waals surface area contributed by atoms with E-state index in [0.717, 1.165) is 41.0 Å². The van der Waals surface area contributed by atoms with Crippen LogP contribution in [-0.2, 0) is 0 Å². The van der Waals surface area contributed by atoms with E-state index in [4.69, 9.17) is 10.5 Å². The lowest BCUT2D eigenvalue weighted by atomic mass is 9.72. The van der Waals surface area contributed by atoms with Crippen molar-refractivity contribution in [2.24, 2.45) is 11.7 Å². The molecule has 2 aliphatic rings. The zero-order valence-electron chi connectivity index (χ0n) is 12.2. The maximum atomic E-state index is 6.43. The minimum atomic E-state index is -0.00253. The third-order valence-electron chi connectivity index (χ3n) is 5.01. The Labute approximate surface area is 130 Å². The van der Waals surface area contributed by atoms with Crippen LogP contribution in [0.1, 0.15) is 63.5 Å². The number of ether oxygens (including phenoxy) is 1. The third-order valence-corrected chi connectivity index (χ3v) is 5.50. The predicted octanol–water partition coefficient (Wildman–Crippen LogP) is 4.96. The van der Waals surface area contributed by atoms with Crippen molar-refractivity contribution in [3.63, 3.8) is 0 Å². The van der Waals surface area contributed by atoms with Gasteiger partial charge in [-0.15, -0.1) is 0 Å². The number of fused-ring (bicyclic) bond motifs is 1. The molecule has 0 saturated heterocycles. The van der Waals surface area contributed by atoms with E-state index < -0.39 is 0 Å². The Morgan fingerprint density at radius 1 is 1.35 bits per heavy atom. The third kappa shape index (κ3) is 2.75. The standard InChI is InChI=1S/C17H24BrNO/c1-2-3-12-6-8-17(9-7-12)11-15(19)14-5-4-13(18)10-16(14)20-17/h4-5,10,12,15H,2-3,6-9,11,19H2,1H3/t12?,15-,17?/m1/s1. The van der Waals surface area contributed by atoms with Gasteiger partial charge in [0, 0.05) is 22.5 Å². The molecule has 3 rings (SSSR count). The summed E-state index contributed by atoms with van der Waals surface area (Å²) in [5.74, 6) is 1.89. The Morgan fingerprint density at radius 2 is 2.10 bits per heavy atom. The second-order valence-corrected chi connectivity index (χ2v) is 7.43. The maximum absolute atomic E-state index is 6.43. The summed E-state index contributed by atoms with van der Waals surface area (Å²) in [6, 6.07) is 6.35. The molecule has 110 valence electrons. The van der Waals surface area contributed by atoms with Crippen molar-refractivity contribution in [1.29, 1.82) is 0 Å². The first-order valence-electron chi connectivity index (χ1n) is 7.86. The van der Waals surface area contributed by atoms with E-state index in [9.17, 15) is 0 Å². The summed E-state index contributed by atoms with van der Waals surface area (Å²) in [6.07, 6.45) is 8.56. The first-order valence-corrected chi connectivity index (χ1v) is 8.65. The van der Waals surface area contributed by atoms with E-state index in [-0.39, 0.29) is 11.6 Å². The SMILES string of the molecule is CCCC1CCC2(CC1)C[C@@H](N)c1ccc(Br)cc1O2. The van der Waals surface area contributed by atoms with Crippen LogP contribution in [0.2, 0.25) is 0 Å². The van der Waals surface area contributed by atoms with Crippen LogP contribution >= 0.6 is 15.9 Å². The van der Waals surface area contributed by atoms with Crippen molar-refractivity contribution in [3.05, 3.63) is 28.2 Å². The van der Waals surface area contributed by atoms with E-state index in [1.54, 1.807) is 0 Å². The molecular weight excluding hydrogens is 314 g/mol. The number of hydrogen-bond acceptors (Lipinski definition) is 2. The minimum Gasteiger partial charge on any atom is -0.487 e. The Hall–Kier alpha value is -0.540. The van der Waals surface area contributed by atoms with Gasteiger partial charge in [-0.05, 0) is 43.7 Å². The van der Waals surface area contributed by atoms with Crippen molar-refractivity contribution in [3.8, 4) is 5.75 Å². The molecule has 0 unspecified atom stereocenters. The van der Waals surface area contributed by atoms with Gasteiger partial charge < -0.3 is 10.5 Å². The van der Waals surface area contributed by atoms with Crippen LogP contribution in [0.25, 0.3) is 0 Å². The van der Waals surface area contributed by atoms with E-state index in [1.165, 1.54) is 25.7 Å². The Kier molecular flexibility index (Phi) is 4.09. The minimum absolute atomic E-state index is 0.00253. The first kappa shape index (κ1) is 14.4. The molecule has 1 aromatic rings. The zero-order valence-corrected chi connectivity index (χ0v) is 13.8. The number of hydrogen-bond donors (Lipinski definition) is 1. The number of benzene rings is 1. The number of halogens is 1. The van der Waals surface area contributed by atoms with Crippen molar-refractivity contribution < 1.29 is 4.74 Å². The van der Waals surface area contributed by atoms with Crippen molar-refractivity contribution >= 4 is 15.9 Å².